The van der Waals surface area contributed by atoms with Gasteiger partial charge in [-0.25, -0.2) is 4.98 Å². The first-order valence-electron chi connectivity index (χ1n) is 11.5. The van der Waals surface area contributed by atoms with Crippen LogP contribution in [0.1, 0.15) is 40.3 Å². The minimum Gasteiger partial charge on any atom is -0.369 e. The van der Waals surface area contributed by atoms with Crippen LogP contribution in [0.15, 0.2) is 18.3 Å². The van der Waals surface area contributed by atoms with Crippen molar-refractivity contribution in [3.63, 3.8) is 0 Å². The maximum atomic E-state index is 13.1. The predicted molar refractivity (Wildman–Crippen MR) is 67.9 cm³/mol. The van der Waals surface area contributed by atoms with Crippen LogP contribution in [-0.2, 0) is 6.18 Å². The molecule has 0 aromatic carbocycles. The molecule has 0 radical (unpaired) electrons. The molecule has 1 aliphatic rings. The molecule has 2 heterocycles. The molecule has 0 saturated carbocycles. The molecule has 1 fully saturated rings. The number of nitrogens with zero attached hydrogens (tertiary/aromatic N) is 1. The summed E-state index contributed by atoms with van der Waals surface area (Å²) in [6.45, 7) is -3.83. The van der Waals surface area contributed by atoms with E-state index in [4.69, 9.17) is 17.9 Å². The van der Waals surface area contributed by atoms with Crippen LogP contribution in [-0.4, -0.2) is 24.0 Å². The molecule has 1 saturated heterocycles. The number of aromatic nitrogens is 1. The molecular weight excluding hydrogens is 255 g/mol. The van der Waals surface area contributed by atoms with E-state index in [2.05, 4.69) is 4.98 Å². The zero-order chi connectivity index (χ0) is 25.5. The molecule has 3 nitrogen and oxygen atoms in total. The van der Waals surface area contributed by atoms with Crippen LogP contribution in [0.4, 0.5) is 19.0 Å². The average Bonchev–Trinajstić information content (AvgIpc) is 2.60. The van der Waals surface area contributed by atoms with Crippen LogP contribution in [0.25, 0.3) is 0 Å². The Bertz CT molecular complexity index is 923. The van der Waals surface area contributed by atoms with Crippen molar-refractivity contribution >= 4 is 5.82 Å². The fourth-order valence-electron chi connectivity index (χ4n) is 1.08. The Kier molecular flexibility index (Phi) is 1.49. The minimum atomic E-state index is -5.26. The lowest BCUT2D eigenvalue weighted by Crippen LogP contribution is -2.42. The van der Waals surface area contributed by atoms with E-state index < -0.39 is 78.8 Å². The van der Waals surface area contributed by atoms with Crippen molar-refractivity contribution in [2.24, 2.45) is 5.89 Å². The number of rotatable bonds is 3. The van der Waals surface area contributed by atoms with Crippen molar-refractivity contribution in [1.29, 1.82) is 0 Å². The maximum Gasteiger partial charge on any atom is 0.417 e. The highest BCUT2D eigenvalue weighted by Gasteiger charge is 2.30. The van der Waals surface area contributed by atoms with Crippen LogP contribution in [0.2, 0.25) is 2.82 Å². The van der Waals surface area contributed by atoms with E-state index in [9.17, 15) is 13.2 Å². The van der Waals surface area contributed by atoms with Gasteiger partial charge in [-0.1, -0.05) is 6.92 Å². The Morgan fingerprint density at radius 1 is 1.74 bits per heavy atom. The van der Waals surface area contributed by atoms with Crippen molar-refractivity contribution in [2.45, 2.75) is 31.9 Å². The van der Waals surface area contributed by atoms with E-state index in [1.165, 1.54) is 0 Å². The number of halogens is 3. The van der Waals surface area contributed by atoms with E-state index >= 15 is 0 Å². The van der Waals surface area contributed by atoms with Crippen molar-refractivity contribution < 1.29 is 31.1 Å². The fourth-order valence-corrected chi connectivity index (χ4v) is 1.08. The van der Waals surface area contributed by atoms with E-state index in [0.717, 1.165) is 6.92 Å². The first kappa shape index (κ1) is 4.91. The lowest BCUT2D eigenvalue weighted by Gasteiger charge is -2.28. The van der Waals surface area contributed by atoms with Gasteiger partial charge in [0.1, 0.15) is 7.23 Å². The monoisotopic (exact) mass is 286 g/mol. The molecule has 1 aliphatic heterocycles. The van der Waals surface area contributed by atoms with Crippen molar-refractivity contribution in [3.05, 3.63) is 23.8 Å². The van der Waals surface area contributed by atoms with Crippen LogP contribution in [0, 0.1) is 5.89 Å². The van der Waals surface area contributed by atoms with E-state index in [0.29, 0.717) is 0 Å². The van der Waals surface area contributed by atoms with Gasteiger partial charge < -0.3 is 10.6 Å². The number of alkyl halides is 3. The summed E-state index contributed by atoms with van der Waals surface area (Å²) >= 11 is 0. The first-order valence-corrected chi connectivity index (χ1v) is 5.10. The van der Waals surface area contributed by atoms with Gasteiger partial charge in [0.2, 0.25) is 0 Å². The second-order valence-corrected chi connectivity index (χ2v) is 3.59. The first-order chi connectivity index (χ1) is 14.0. The van der Waals surface area contributed by atoms with Gasteiger partial charge in [0.25, 0.3) is 0 Å². The molecule has 0 bridgehead atoms. The molecule has 2 rings (SSSR count). The zero-order valence-electron chi connectivity index (χ0n) is 22.7. The number of pyridine rings is 1. The van der Waals surface area contributed by atoms with Gasteiger partial charge in [0.05, 0.1) is 12.4 Å². The van der Waals surface area contributed by atoms with Crippen LogP contribution in [0.3, 0.4) is 0 Å². The summed E-state index contributed by atoms with van der Waals surface area (Å²) in [6.07, 6.45) is -13.8. The Labute approximate surface area is 129 Å². The summed E-state index contributed by atoms with van der Waals surface area (Å²) < 4.78 is 143. The third-order valence-corrected chi connectivity index (χ3v) is 1.99. The largest absolute Gasteiger partial charge is 0.417 e. The average molecular weight is 286 g/mol. The van der Waals surface area contributed by atoms with Crippen LogP contribution in [0.5, 0.6) is 0 Å². The highest BCUT2D eigenvalue weighted by Crippen LogP contribution is 2.28. The summed E-state index contributed by atoms with van der Waals surface area (Å²) in [4.78, 5) is 3.05. The van der Waals surface area contributed by atoms with Crippen molar-refractivity contribution in [2.75, 3.05) is 18.4 Å². The molecule has 1 aromatic heterocycles. The number of anilines is 1. The lowest BCUT2D eigenvalue weighted by molar-refractivity contribution is -0.137. The molecular formula is C13H18F3N3. The number of nitrogens with one attached hydrogen (secondary N) is 2. The Morgan fingerprint density at radius 2 is 2.53 bits per heavy atom. The standard InChI is InChI=1S/C13H18F3N3/c1-9-2-4-11(17-6-9)8-19-12-5-3-10(7-18-12)13(14,15)16/h3,5,7,9,11,17H,2,4,6,8H2,1H3,(H,18,19)/t9-,11-/m0/s1/i2D2,3D,4D2,5D,7D,8D2,9D,11D/hD2. The van der Waals surface area contributed by atoms with E-state index in [-0.39, 0.29) is 5.31 Å². The zero-order valence-corrected chi connectivity index (χ0v) is 9.68. The van der Waals surface area contributed by atoms with Gasteiger partial charge in [-0.05, 0) is 37.3 Å². The van der Waals surface area contributed by atoms with Gasteiger partial charge in [-0.15, -0.1) is 0 Å². The molecule has 2 atom stereocenters. The summed E-state index contributed by atoms with van der Waals surface area (Å²) in [5.41, 5.74) is -1.92. The number of hydrogen-bond donors (Lipinski definition) is 2. The second kappa shape index (κ2) is 5.77. The number of piperidine rings is 1. The second-order valence-electron chi connectivity index (χ2n) is 3.59. The third kappa shape index (κ3) is 4.09. The molecule has 1 aromatic rings. The fraction of sp³-hybridized carbons (Fsp3) is 0.615. The molecule has 19 heavy (non-hydrogen) atoms. The van der Waals surface area contributed by atoms with Gasteiger partial charge in [0.15, 0.2) is 1.41 Å². The Morgan fingerprint density at radius 3 is 3.26 bits per heavy atom. The molecule has 106 valence electrons. The van der Waals surface area contributed by atoms with Crippen LogP contribution >= 0.6 is 0 Å². The molecule has 6 heteroatoms. The normalized spacial score (nSPS) is 48.9. The summed E-state index contributed by atoms with van der Waals surface area (Å²) in [6, 6.07) is -6.66. The topological polar surface area (TPSA) is 37.0 Å². The summed E-state index contributed by atoms with van der Waals surface area (Å²) in [7, 11) is 0. The smallest absolute Gasteiger partial charge is 0.369 e. The lowest BCUT2D eigenvalue weighted by atomic mass is 9.96. The minimum absolute atomic E-state index is 0.0835. The maximum absolute atomic E-state index is 13.1. The van der Waals surface area contributed by atoms with E-state index in [1.807, 2.05) is 0 Å². The molecule has 0 aliphatic carbocycles. The summed E-state index contributed by atoms with van der Waals surface area (Å²) in [5.74, 6) is -3.67. The van der Waals surface area contributed by atoms with Gasteiger partial charge >= 0.3 is 6.18 Å². The molecule has 0 amide bonds. The van der Waals surface area contributed by atoms with Crippen molar-refractivity contribution in [1.82, 2.24) is 10.3 Å². The Balaban J connectivity index is 2.73. The number of hydrogen-bond acceptors (Lipinski definition) is 3. The molecule has 0 spiro atoms. The van der Waals surface area contributed by atoms with E-state index in [1.54, 1.807) is 0 Å². The Hall–Kier alpha value is -1.30. The third-order valence-electron chi connectivity index (χ3n) is 1.99. The van der Waals surface area contributed by atoms with Gasteiger partial charge in [-0.3, -0.25) is 0 Å². The molecule has 2 N–H and O–H groups in total. The summed E-state index contributed by atoms with van der Waals surface area (Å²) in [5, 5.41) is -0.597. The quantitative estimate of drug-likeness (QED) is 0.897. The predicted octanol–water partition coefficient (Wildman–Crippen LogP) is 2.90. The van der Waals surface area contributed by atoms with Gasteiger partial charge in [0, 0.05) is 26.9 Å². The van der Waals surface area contributed by atoms with Crippen molar-refractivity contribution in [3.8, 4) is 0 Å². The SMILES string of the molecule is [2H]c1nc(N([2H])C([2H])([2H])[C@@]2([2H])N([2H])C[C@@]([2H])(C)C([2H])([2H])C2([2H])[2H])c([2H])c([2H])c1C(F)(F)F. The van der Waals surface area contributed by atoms with Crippen LogP contribution < -0.4 is 10.6 Å². The van der Waals surface area contributed by atoms with Gasteiger partial charge in [-0.2, -0.15) is 13.2 Å². The molecule has 0 unspecified atom stereocenters. The highest BCUT2D eigenvalue weighted by molar-refractivity contribution is 5.36. The highest BCUT2D eigenvalue weighted by atomic mass is 19.4.